The van der Waals surface area contributed by atoms with Crippen molar-refractivity contribution in [2.75, 3.05) is 36.5 Å². The summed E-state index contributed by atoms with van der Waals surface area (Å²) in [6, 6.07) is 8.92. The summed E-state index contributed by atoms with van der Waals surface area (Å²) in [7, 11) is 0. The number of carbonyl (C=O) groups excluding carboxylic acids is 2. The molecule has 0 aliphatic carbocycles. The number of nitrogens with one attached hydrogen (secondary N) is 3. The highest BCUT2D eigenvalue weighted by molar-refractivity contribution is 7.97. The van der Waals surface area contributed by atoms with Crippen molar-refractivity contribution < 1.29 is 14.3 Å². The van der Waals surface area contributed by atoms with Crippen LogP contribution in [0.3, 0.4) is 0 Å². The molecule has 2 aliphatic rings. The highest BCUT2D eigenvalue weighted by Crippen LogP contribution is 2.28. The van der Waals surface area contributed by atoms with Crippen LogP contribution < -0.4 is 20.3 Å². The fourth-order valence-corrected chi connectivity index (χ4v) is 6.26. The Balaban J connectivity index is 1.22. The first-order valence-corrected chi connectivity index (χ1v) is 16.1. The third-order valence-electron chi connectivity index (χ3n) is 7.64. The molecule has 0 spiro atoms. The fraction of sp³-hybridized carbons (Fsp3) is 0.613. The molecule has 11 heteroatoms. The van der Waals surface area contributed by atoms with Crippen molar-refractivity contribution in [3.05, 3.63) is 41.0 Å². The molecular formula is C31H45ClN6O3S. The molecule has 0 saturated carbocycles. The van der Waals surface area contributed by atoms with Crippen LogP contribution in [0.15, 0.2) is 35.4 Å². The molecule has 2 atom stereocenters. The van der Waals surface area contributed by atoms with Crippen LogP contribution in [0.4, 0.5) is 11.6 Å². The number of pyridine rings is 2. The average molecular weight is 617 g/mol. The van der Waals surface area contributed by atoms with E-state index >= 15 is 0 Å². The molecule has 0 radical (unpaired) electrons. The Morgan fingerprint density at radius 3 is 2.74 bits per heavy atom. The molecule has 230 valence electrons. The summed E-state index contributed by atoms with van der Waals surface area (Å²) >= 11 is 7.51. The van der Waals surface area contributed by atoms with Gasteiger partial charge in [-0.15, -0.1) is 0 Å². The van der Waals surface area contributed by atoms with Gasteiger partial charge < -0.3 is 15.4 Å². The molecule has 9 nitrogen and oxygen atoms in total. The van der Waals surface area contributed by atoms with E-state index in [1.54, 1.807) is 17.0 Å². The molecule has 2 aliphatic heterocycles. The van der Waals surface area contributed by atoms with E-state index in [2.05, 4.69) is 59.9 Å². The number of anilines is 2. The topological polar surface area (TPSA) is 108 Å². The van der Waals surface area contributed by atoms with Crippen LogP contribution in [-0.4, -0.2) is 59.7 Å². The summed E-state index contributed by atoms with van der Waals surface area (Å²) in [6.45, 7) is 14.1. The lowest BCUT2D eigenvalue weighted by molar-refractivity contribution is -0.127. The number of carbonyl (C=O) groups is 2. The Kier molecular flexibility index (Phi) is 11.1. The predicted octanol–water partition coefficient (Wildman–Crippen LogP) is 6.10. The number of ether oxygens (including phenoxy) is 1. The predicted molar refractivity (Wildman–Crippen MR) is 170 cm³/mol. The van der Waals surface area contributed by atoms with E-state index in [9.17, 15) is 9.59 Å². The van der Waals surface area contributed by atoms with Gasteiger partial charge in [0.15, 0.2) is 0 Å². The molecule has 4 heterocycles. The van der Waals surface area contributed by atoms with Gasteiger partial charge in [-0.1, -0.05) is 38.4 Å². The summed E-state index contributed by atoms with van der Waals surface area (Å²) < 4.78 is 8.66. The maximum atomic E-state index is 12.9. The van der Waals surface area contributed by atoms with Crippen LogP contribution in [0, 0.1) is 11.3 Å². The first-order valence-electron chi connectivity index (χ1n) is 14.9. The van der Waals surface area contributed by atoms with Gasteiger partial charge in [0.1, 0.15) is 27.9 Å². The second kappa shape index (κ2) is 14.4. The quantitative estimate of drug-likeness (QED) is 0.141. The lowest BCUT2D eigenvalue weighted by atomic mass is 9.91. The monoisotopic (exact) mass is 616 g/mol. The van der Waals surface area contributed by atoms with Crippen LogP contribution >= 0.6 is 23.5 Å². The number of aromatic nitrogens is 2. The molecule has 1 unspecified atom stereocenters. The molecule has 42 heavy (non-hydrogen) atoms. The summed E-state index contributed by atoms with van der Waals surface area (Å²) in [4.78, 5) is 36.3. The van der Waals surface area contributed by atoms with Crippen molar-refractivity contribution in [1.82, 2.24) is 20.0 Å². The van der Waals surface area contributed by atoms with Crippen LogP contribution in [0.5, 0.6) is 0 Å². The van der Waals surface area contributed by atoms with Crippen LogP contribution in [0.25, 0.3) is 0 Å². The van der Waals surface area contributed by atoms with E-state index in [1.165, 1.54) is 12.8 Å². The fourth-order valence-electron chi connectivity index (χ4n) is 5.43. The van der Waals surface area contributed by atoms with E-state index in [1.807, 2.05) is 18.2 Å². The Morgan fingerprint density at radius 2 is 2.02 bits per heavy atom. The number of hydrogen-bond acceptors (Lipinski definition) is 8. The summed E-state index contributed by atoms with van der Waals surface area (Å²) in [6.07, 6.45) is 5.54. The number of nitrogens with zero attached hydrogens (tertiary/aromatic N) is 3. The number of amides is 2. The lowest BCUT2D eigenvalue weighted by Crippen LogP contribution is -2.31. The summed E-state index contributed by atoms with van der Waals surface area (Å²) in [5, 5.41) is 7.66. The number of rotatable bonds is 13. The molecule has 0 bridgehead atoms. The Bertz CT molecular complexity index is 1240. The maximum absolute atomic E-state index is 12.9. The van der Waals surface area contributed by atoms with Crippen molar-refractivity contribution in [3.63, 3.8) is 0 Å². The zero-order valence-electron chi connectivity index (χ0n) is 25.5. The SMILES string of the molecule is CC(C)(C)CCCOC1CCN(c2ccc(C(=O)NSc3cccc(NCCC[C@@H]4CNC(C)(C)C4)n3)c(Cl)n2)C1=O. The van der Waals surface area contributed by atoms with E-state index < -0.39 is 6.10 Å². The summed E-state index contributed by atoms with van der Waals surface area (Å²) in [5.41, 5.74) is 0.716. The molecule has 2 saturated heterocycles. The van der Waals surface area contributed by atoms with Crippen molar-refractivity contribution >= 4 is 47.0 Å². The zero-order valence-corrected chi connectivity index (χ0v) is 27.0. The Morgan fingerprint density at radius 1 is 1.21 bits per heavy atom. The number of hydrogen-bond donors (Lipinski definition) is 3. The standard InChI is InChI=1S/C31H45ClN6O3S/c1-30(2,3)15-8-18-41-23-14-17-38(29(23)40)25-13-12-22(27(32)36-25)28(39)37-42-26-11-6-10-24(35-26)33-16-7-9-21-19-31(4,5)34-20-21/h6,10-13,21,23,34H,7-9,14-20H2,1-5H3,(H,33,35)(H,37,39)/t21-,23?/m0/s1. The lowest BCUT2D eigenvalue weighted by Gasteiger charge is -2.19. The Hall–Kier alpha value is -2.40. The molecule has 2 amide bonds. The minimum atomic E-state index is -0.473. The van der Waals surface area contributed by atoms with Gasteiger partial charge in [-0.25, -0.2) is 9.97 Å². The highest BCUT2D eigenvalue weighted by Gasteiger charge is 2.34. The maximum Gasteiger partial charge on any atom is 0.264 e. The summed E-state index contributed by atoms with van der Waals surface area (Å²) in [5.74, 6) is 1.40. The third-order valence-corrected chi connectivity index (χ3v) is 8.65. The van der Waals surface area contributed by atoms with Crippen LogP contribution in [0.2, 0.25) is 5.15 Å². The van der Waals surface area contributed by atoms with Gasteiger partial charge in [0.25, 0.3) is 11.8 Å². The van der Waals surface area contributed by atoms with Gasteiger partial charge in [-0.2, -0.15) is 0 Å². The number of halogens is 1. The molecular weight excluding hydrogens is 572 g/mol. The second-order valence-corrected chi connectivity index (χ2v) is 14.3. The molecule has 0 aromatic carbocycles. The van der Waals surface area contributed by atoms with Gasteiger partial charge >= 0.3 is 0 Å². The molecule has 3 N–H and O–H groups in total. The van der Waals surface area contributed by atoms with E-state index in [0.717, 1.165) is 56.0 Å². The van der Waals surface area contributed by atoms with Gasteiger partial charge in [0.2, 0.25) is 0 Å². The smallest absolute Gasteiger partial charge is 0.264 e. The third kappa shape index (κ3) is 9.56. The van der Waals surface area contributed by atoms with Gasteiger partial charge in [-0.3, -0.25) is 19.2 Å². The Labute approximate surface area is 259 Å². The molecule has 2 aromatic heterocycles. The first kappa shape index (κ1) is 32.5. The minimum Gasteiger partial charge on any atom is -0.370 e. The zero-order chi connectivity index (χ0) is 30.3. The van der Waals surface area contributed by atoms with E-state index in [4.69, 9.17) is 16.3 Å². The van der Waals surface area contributed by atoms with Gasteiger partial charge in [0, 0.05) is 43.6 Å². The van der Waals surface area contributed by atoms with Crippen molar-refractivity contribution in [1.29, 1.82) is 0 Å². The van der Waals surface area contributed by atoms with Gasteiger partial charge in [-0.05, 0) is 88.1 Å². The minimum absolute atomic E-state index is 0.0390. The average Bonchev–Trinajstić information content (AvgIpc) is 3.48. The molecule has 2 aromatic rings. The van der Waals surface area contributed by atoms with Gasteiger partial charge in [0.05, 0.1) is 5.56 Å². The van der Waals surface area contributed by atoms with Crippen LogP contribution in [0.1, 0.15) is 83.5 Å². The molecule has 4 rings (SSSR count). The second-order valence-electron chi connectivity index (χ2n) is 13.1. The van der Waals surface area contributed by atoms with Crippen molar-refractivity contribution in [2.24, 2.45) is 11.3 Å². The van der Waals surface area contributed by atoms with E-state index in [0.29, 0.717) is 30.4 Å². The highest BCUT2D eigenvalue weighted by atomic mass is 35.5. The van der Waals surface area contributed by atoms with Crippen LogP contribution in [-0.2, 0) is 9.53 Å². The van der Waals surface area contributed by atoms with Crippen molar-refractivity contribution in [2.45, 2.75) is 89.8 Å². The van der Waals surface area contributed by atoms with Crippen molar-refractivity contribution in [3.8, 4) is 0 Å². The molecule has 2 fully saturated rings. The first-order chi connectivity index (χ1) is 19.9. The normalized spacial score (nSPS) is 20.2. The largest absolute Gasteiger partial charge is 0.370 e. The van der Waals surface area contributed by atoms with E-state index in [-0.39, 0.29) is 33.5 Å².